The fraction of sp³-hybridized carbons (Fsp3) is 0.520. The highest BCUT2D eigenvalue weighted by Crippen LogP contribution is 2.38. The van der Waals surface area contributed by atoms with Gasteiger partial charge in [0.15, 0.2) is 11.5 Å². The molecule has 1 aliphatic rings. The predicted octanol–water partition coefficient (Wildman–Crippen LogP) is 3.26. The van der Waals surface area contributed by atoms with Crippen molar-refractivity contribution in [1.82, 2.24) is 9.47 Å². The molecule has 0 aliphatic carbocycles. The van der Waals surface area contributed by atoms with Crippen molar-refractivity contribution in [2.75, 3.05) is 33.9 Å². The molecule has 1 aromatic carbocycles. The van der Waals surface area contributed by atoms with E-state index in [-0.39, 0.29) is 23.2 Å². The fourth-order valence-corrected chi connectivity index (χ4v) is 4.66. The molecule has 0 amide bonds. The average Bonchev–Trinajstić information content (AvgIpc) is 2.81. The zero-order valence-electron chi connectivity index (χ0n) is 20.1. The number of hydrogen-bond acceptors (Lipinski definition) is 7. The molecule has 0 spiro atoms. The lowest BCUT2D eigenvalue weighted by atomic mass is 9.91. The van der Waals surface area contributed by atoms with Crippen LogP contribution in [0.4, 0.5) is 0 Å². The van der Waals surface area contributed by atoms with E-state index < -0.39 is 6.04 Å². The number of methoxy groups -OCH3 is 2. The van der Waals surface area contributed by atoms with E-state index in [0.717, 1.165) is 5.56 Å². The maximum absolute atomic E-state index is 13.5. The van der Waals surface area contributed by atoms with E-state index in [1.54, 1.807) is 37.8 Å². The first-order valence-electron chi connectivity index (χ1n) is 11.4. The SMILES string of the molecule is CCOC(=O)C1CCN(C(c2ccc(OC)c(OC)c2)c2c(O)cc(C)n(CC)c2=O)CC1. The van der Waals surface area contributed by atoms with Crippen molar-refractivity contribution in [2.24, 2.45) is 5.92 Å². The van der Waals surface area contributed by atoms with Crippen LogP contribution in [0.25, 0.3) is 0 Å². The molecule has 0 radical (unpaired) electrons. The molecule has 2 heterocycles. The van der Waals surface area contributed by atoms with Gasteiger partial charge in [0.25, 0.3) is 5.56 Å². The van der Waals surface area contributed by atoms with E-state index >= 15 is 0 Å². The smallest absolute Gasteiger partial charge is 0.309 e. The van der Waals surface area contributed by atoms with Gasteiger partial charge in [-0.15, -0.1) is 0 Å². The highest BCUT2D eigenvalue weighted by Gasteiger charge is 2.34. The zero-order chi connectivity index (χ0) is 24.1. The summed E-state index contributed by atoms with van der Waals surface area (Å²) in [6.45, 7) is 7.56. The minimum absolute atomic E-state index is 0.0329. The number of rotatable bonds is 8. The maximum atomic E-state index is 13.5. The highest BCUT2D eigenvalue weighted by atomic mass is 16.5. The number of piperidine rings is 1. The topological polar surface area (TPSA) is 90.2 Å². The second-order valence-electron chi connectivity index (χ2n) is 8.21. The van der Waals surface area contributed by atoms with Crippen molar-refractivity contribution in [3.05, 3.63) is 51.4 Å². The van der Waals surface area contributed by atoms with Crippen LogP contribution in [0.2, 0.25) is 0 Å². The highest BCUT2D eigenvalue weighted by molar-refractivity contribution is 5.72. The Morgan fingerprint density at radius 1 is 1.12 bits per heavy atom. The van der Waals surface area contributed by atoms with Gasteiger partial charge < -0.3 is 23.9 Å². The standard InChI is InChI=1S/C25H34N2O6/c1-6-27-16(3)14-19(28)22(24(27)29)23(18-8-9-20(31-4)21(15-18)32-5)26-12-10-17(11-13-26)25(30)33-7-2/h8-9,14-15,17,23,28H,6-7,10-13H2,1-5H3. The number of aromatic hydroxyl groups is 1. The number of esters is 1. The quantitative estimate of drug-likeness (QED) is 0.607. The van der Waals surface area contributed by atoms with Crippen LogP contribution in [0.3, 0.4) is 0 Å². The summed E-state index contributed by atoms with van der Waals surface area (Å²) in [7, 11) is 3.13. The lowest BCUT2D eigenvalue weighted by molar-refractivity contribution is -0.149. The number of likely N-dealkylation sites (tertiary alicyclic amines) is 1. The molecule has 1 atom stereocenters. The molecule has 33 heavy (non-hydrogen) atoms. The van der Waals surface area contributed by atoms with Gasteiger partial charge in [0.05, 0.1) is 38.3 Å². The molecule has 1 aliphatic heterocycles. The van der Waals surface area contributed by atoms with Crippen LogP contribution in [0.1, 0.15) is 49.6 Å². The Labute approximate surface area is 194 Å². The van der Waals surface area contributed by atoms with Gasteiger partial charge in [0, 0.05) is 12.2 Å². The van der Waals surface area contributed by atoms with Crippen molar-refractivity contribution in [3.63, 3.8) is 0 Å². The Morgan fingerprint density at radius 3 is 2.36 bits per heavy atom. The van der Waals surface area contributed by atoms with Crippen LogP contribution in [0.15, 0.2) is 29.1 Å². The van der Waals surface area contributed by atoms with Gasteiger partial charge in [-0.2, -0.15) is 0 Å². The number of pyridine rings is 1. The monoisotopic (exact) mass is 458 g/mol. The zero-order valence-corrected chi connectivity index (χ0v) is 20.1. The maximum Gasteiger partial charge on any atom is 0.309 e. The van der Waals surface area contributed by atoms with Crippen LogP contribution in [0.5, 0.6) is 17.2 Å². The van der Waals surface area contributed by atoms with Gasteiger partial charge in [-0.05, 0) is 70.5 Å². The van der Waals surface area contributed by atoms with E-state index in [2.05, 4.69) is 4.90 Å². The molecule has 180 valence electrons. The summed E-state index contributed by atoms with van der Waals surface area (Å²) < 4.78 is 17.7. The molecule has 3 rings (SSSR count). The van der Waals surface area contributed by atoms with Crippen LogP contribution in [0, 0.1) is 12.8 Å². The molecule has 1 unspecified atom stereocenters. The molecule has 1 N–H and O–H groups in total. The lowest BCUT2D eigenvalue weighted by Crippen LogP contribution is -2.42. The Bertz CT molecular complexity index is 1040. The van der Waals surface area contributed by atoms with E-state index in [1.807, 2.05) is 26.0 Å². The Morgan fingerprint density at radius 2 is 1.79 bits per heavy atom. The van der Waals surface area contributed by atoms with Gasteiger partial charge in [-0.25, -0.2) is 0 Å². The molecule has 1 saturated heterocycles. The van der Waals surface area contributed by atoms with Crippen molar-refractivity contribution in [2.45, 2.75) is 46.2 Å². The van der Waals surface area contributed by atoms with Crippen LogP contribution in [-0.4, -0.2) is 54.5 Å². The fourth-order valence-electron chi connectivity index (χ4n) is 4.66. The molecule has 1 fully saturated rings. The summed E-state index contributed by atoms with van der Waals surface area (Å²) in [6, 6.07) is 6.67. The van der Waals surface area contributed by atoms with E-state index in [0.29, 0.717) is 61.8 Å². The number of hydrogen-bond donors (Lipinski definition) is 1. The average molecular weight is 459 g/mol. The largest absolute Gasteiger partial charge is 0.507 e. The van der Waals surface area contributed by atoms with E-state index in [4.69, 9.17) is 14.2 Å². The lowest BCUT2D eigenvalue weighted by Gasteiger charge is -2.37. The number of aromatic nitrogens is 1. The van der Waals surface area contributed by atoms with Crippen molar-refractivity contribution in [3.8, 4) is 17.2 Å². The second kappa shape index (κ2) is 10.7. The Kier molecular flexibility index (Phi) is 8.02. The summed E-state index contributed by atoms with van der Waals surface area (Å²) in [5, 5.41) is 10.9. The molecule has 8 heteroatoms. The first kappa shape index (κ1) is 24.6. The first-order valence-corrected chi connectivity index (χ1v) is 11.4. The summed E-state index contributed by atoms with van der Waals surface area (Å²) in [4.78, 5) is 27.9. The predicted molar refractivity (Wildman–Crippen MR) is 125 cm³/mol. The van der Waals surface area contributed by atoms with Gasteiger partial charge in [-0.3, -0.25) is 14.5 Å². The van der Waals surface area contributed by atoms with Gasteiger partial charge in [-0.1, -0.05) is 6.07 Å². The molecule has 8 nitrogen and oxygen atoms in total. The van der Waals surface area contributed by atoms with Crippen molar-refractivity contribution >= 4 is 5.97 Å². The number of aryl methyl sites for hydroxylation is 1. The molecular formula is C25H34N2O6. The summed E-state index contributed by atoms with van der Waals surface area (Å²) in [5.41, 5.74) is 1.61. The molecule has 2 aromatic rings. The van der Waals surface area contributed by atoms with Crippen LogP contribution < -0.4 is 15.0 Å². The molecule has 1 aromatic heterocycles. The number of nitrogens with zero attached hydrogens (tertiary/aromatic N) is 2. The third-order valence-corrected chi connectivity index (χ3v) is 6.35. The normalized spacial score (nSPS) is 15.8. The summed E-state index contributed by atoms with van der Waals surface area (Å²) in [6.07, 6.45) is 1.24. The minimum Gasteiger partial charge on any atom is -0.507 e. The Hall–Kier alpha value is -3.00. The first-order chi connectivity index (χ1) is 15.9. The van der Waals surface area contributed by atoms with E-state index in [9.17, 15) is 14.7 Å². The van der Waals surface area contributed by atoms with Crippen LogP contribution in [-0.2, 0) is 16.1 Å². The van der Waals surface area contributed by atoms with Crippen molar-refractivity contribution < 1.29 is 24.1 Å². The number of benzene rings is 1. The third kappa shape index (κ3) is 5.00. The van der Waals surface area contributed by atoms with Gasteiger partial charge >= 0.3 is 5.97 Å². The second-order valence-corrected chi connectivity index (χ2v) is 8.21. The number of carbonyl (C=O) groups is 1. The van der Waals surface area contributed by atoms with E-state index in [1.165, 1.54) is 0 Å². The van der Waals surface area contributed by atoms with Crippen molar-refractivity contribution in [1.29, 1.82) is 0 Å². The van der Waals surface area contributed by atoms with Gasteiger partial charge in [0.2, 0.25) is 0 Å². The summed E-state index contributed by atoms with van der Waals surface area (Å²) >= 11 is 0. The molecule has 0 saturated carbocycles. The Balaban J connectivity index is 2.08. The number of ether oxygens (including phenoxy) is 3. The molecular weight excluding hydrogens is 424 g/mol. The number of carbonyl (C=O) groups excluding carboxylic acids is 1. The molecule has 0 bridgehead atoms. The van der Waals surface area contributed by atoms with Crippen LogP contribution >= 0.6 is 0 Å². The van der Waals surface area contributed by atoms with Gasteiger partial charge in [0.1, 0.15) is 5.75 Å². The summed E-state index contributed by atoms with van der Waals surface area (Å²) in [5.74, 6) is 0.760. The minimum atomic E-state index is -0.501. The third-order valence-electron chi connectivity index (χ3n) is 6.35.